The zero-order valence-electron chi connectivity index (χ0n) is 12.8. The molecular weight excluding hydrogens is 308 g/mol. The van der Waals surface area contributed by atoms with Gasteiger partial charge in [-0.15, -0.1) is 0 Å². The van der Waals surface area contributed by atoms with Crippen molar-refractivity contribution < 1.29 is 19.7 Å². The summed E-state index contributed by atoms with van der Waals surface area (Å²) in [6.45, 7) is 2.15. The Labute approximate surface area is 138 Å². The van der Waals surface area contributed by atoms with E-state index in [1.165, 1.54) is 24.3 Å². The fourth-order valence-electron chi connectivity index (χ4n) is 2.61. The first-order valence-corrected chi connectivity index (χ1v) is 7.32. The van der Waals surface area contributed by atoms with Crippen LogP contribution in [0.3, 0.4) is 0 Å². The number of fused-ring (bicyclic) bond motifs is 2. The molecule has 0 radical (unpaired) electrons. The molecule has 0 bridgehead atoms. The highest BCUT2D eigenvalue weighted by molar-refractivity contribution is 6.09. The van der Waals surface area contributed by atoms with Crippen LogP contribution in [0.25, 0.3) is 5.57 Å². The Kier molecular flexibility index (Phi) is 3.84. The van der Waals surface area contributed by atoms with Crippen molar-refractivity contribution in [3.63, 3.8) is 0 Å². The van der Waals surface area contributed by atoms with Crippen molar-refractivity contribution in [2.75, 3.05) is 6.54 Å². The molecule has 1 amide bonds. The minimum absolute atomic E-state index is 0.00628. The number of amides is 1. The lowest BCUT2D eigenvalue weighted by molar-refractivity contribution is -0.116. The van der Waals surface area contributed by atoms with Gasteiger partial charge in [-0.2, -0.15) is 5.26 Å². The van der Waals surface area contributed by atoms with Gasteiger partial charge in [0.05, 0.1) is 0 Å². The van der Waals surface area contributed by atoms with E-state index in [1.807, 2.05) is 6.07 Å². The number of phenolic OH excluding ortho intramolecular Hbond substituents is 2. The van der Waals surface area contributed by atoms with Gasteiger partial charge in [0, 0.05) is 35.4 Å². The fourth-order valence-corrected chi connectivity index (χ4v) is 2.61. The fraction of sp³-hybridized carbons (Fsp3) is 0.111. The molecule has 2 aromatic rings. The lowest BCUT2D eigenvalue weighted by Gasteiger charge is -2.24. The first-order valence-electron chi connectivity index (χ1n) is 7.32. The highest BCUT2D eigenvalue weighted by atomic mass is 16.5. The van der Waals surface area contributed by atoms with Crippen molar-refractivity contribution >= 4 is 11.5 Å². The van der Waals surface area contributed by atoms with E-state index in [0.29, 0.717) is 34.7 Å². The largest absolute Gasteiger partial charge is 0.508 e. The molecule has 3 rings (SSSR count). The summed E-state index contributed by atoms with van der Waals surface area (Å²) in [4.78, 5) is 12.3. The Bertz CT molecular complexity index is 856. The lowest BCUT2D eigenvalue weighted by atomic mass is 9.89. The Morgan fingerprint density at radius 1 is 1.12 bits per heavy atom. The van der Waals surface area contributed by atoms with Gasteiger partial charge >= 0.3 is 0 Å². The predicted molar refractivity (Wildman–Crippen MR) is 86.6 cm³/mol. The maximum Gasteiger partial charge on any atom is 0.262 e. The summed E-state index contributed by atoms with van der Waals surface area (Å²) >= 11 is 0. The molecule has 1 aliphatic heterocycles. The maximum absolute atomic E-state index is 12.3. The standard InChI is InChI=1S/C18H14N2O4/c1-2-20-18(23)14(9-19)17-12-5-3-10(21)7-15(12)24-16-8-11(22)4-6-13(16)17/h3-8,21-22H,2H2,1H3,(H,20,23). The molecule has 24 heavy (non-hydrogen) atoms. The normalized spacial score (nSPS) is 11.6. The average Bonchev–Trinajstić information content (AvgIpc) is 2.54. The first-order chi connectivity index (χ1) is 11.5. The Morgan fingerprint density at radius 2 is 1.67 bits per heavy atom. The molecule has 1 aliphatic rings. The second kappa shape index (κ2) is 5.97. The minimum Gasteiger partial charge on any atom is -0.508 e. The van der Waals surface area contributed by atoms with Gasteiger partial charge in [-0.25, -0.2) is 0 Å². The topological polar surface area (TPSA) is 103 Å². The van der Waals surface area contributed by atoms with Crippen molar-refractivity contribution in [1.82, 2.24) is 5.32 Å². The Morgan fingerprint density at radius 3 is 2.12 bits per heavy atom. The summed E-state index contributed by atoms with van der Waals surface area (Å²) in [6.07, 6.45) is 0. The van der Waals surface area contributed by atoms with Gasteiger partial charge in [0.1, 0.15) is 34.6 Å². The molecule has 3 N–H and O–H groups in total. The summed E-state index contributed by atoms with van der Waals surface area (Å²) in [5.74, 6) is 0.108. The van der Waals surface area contributed by atoms with Crippen molar-refractivity contribution in [2.24, 2.45) is 0 Å². The van der Waals surface area contributed by atoms with Gasteiger partial charge in [0.2, 0.25) is 0 Å². The van der Waals surface area contributed by atoms with Crippen molar-refractivity contribution in [3.05, 3.63) is 53.1 Å². The molecule has 0 atom stereocenters. The number of benzene rings is 2. The second-order valence-corrected chi connectivity index (χ2v) is 5.18. The number of nitriles is 1. The minimum atomic E-state index is -0.491. The number of ether oxygens (including phenoxy) is 1. The van der Waals surface area contributed by atoms with E-state index in [1.54, 1.807) is 19.1 Å². The van der Waals surface area contributed by atoms with Gasteiger partial charge in [-0.1, -0.05) is 0 Å². The van der Waals surface area contributed by atoms with E-state index >= 15 is 0 Å². The molecule has 0 aliphatic carbocycles. The van der Waals surface area contributed by atoms with E-state index in [-0.39, 0.29) is 17.1 Å². The molecule has 0 saturated carbocycles. The second-order valence-electron chi connectivity index (χ2n) is 5.18. The summed E-state index contributed by atoms with van der Waals surface area (Å²) in [5.41, 5.74) is 1.39. The number of likely N-dealkylation sites (N-methyl/N-ethyl adjacent to an activating group) is 1. The molecule has 120 valence electrons. The van der Waals surface area contributed by atoms with Gasteiger partial charge < -0.3 is 20.3 Å². The van der Waals surface area contributed by atoms with Gasteiger partial charge in [-0.05, 0) is 31.2 Å². The van der Waals surface area contributed by atoms with Crippen LogP contribution in [-0.4, -0.2) is 22.7 Å². The van der Waals surface area contributed by atoms with Crippen LogP contribution < -0.4 is 10.1 Å². The zero-order valence-corrected chi connectivity index (χ0v) is 12.8. The Balaban J connectivity index is 2.33. The van der Waals surface area contributed by atoms with Crippen molar-refractivity contribution in [2.45, 2.75) is 6.92 Å². The smallest absolute Gasteiger partial charge is 0.262 e. The SMILES string of the molecule is CCNC(=O)C(C#N)=C1c2ccc(O)cc2Oc2cc(O)ccc21. The summed E-state index contributed by atoms with van der Waals surface area (Å²) in [7, 11) is 0. The van der Waals surface area contributed by atoms with Crippen LogP contribution in [0.4, 0.5) is 0 Å². The van der Waals surface area contributed by atoms with Gasteiger partial charge in [0.15, 0.2) is 0 Å². The summed E-state index contributed by atoms with van der Waals surface area (Å²) < 4.78 is 5.71. The summed E-state index contributed by atoms with van der Waals surface area (Å²) in [6, 6.07) is 10.8. The number of phenols is 2. The molecule has 6 nitrogen and oxygen atoms in total. The first kappa shape index (κ1) is 15.4. The highest BCUT2D eigenvalue weighted by Crippen LogP contribution is 2.46. The molecule has 6 heteroatoms. The summed E-state index contributed by atoms with van der Waals surface area (Å²) in [5, 5.41) is 31.5. The average molecular weight is 322 g/mol. The van der Waals surface area contributed by atoms with Crippen LogP contribution in [0, 0.1) is 11.3 Å². The number of carbonyl (C=O) groups is 1. The van der Waals surface area contributed by atoms with E-state index in [2.05, 4.69) is 5.32 Å². The zero-order chi connectivity index (χ0) is 17.3. The number of nitrogens with one attached hydrogen (secondary N) is 1. The lowest BCUT2D eigenvalue weighted by Crippen LogP contribution is -2.25. The number of rotatable bonds is 2. The number of hydrogen-bond donors (Lipinski definition) is 3. The van der Waals surface area contributed by atoms with Crippen LogP contribution in [0.1, 0.15) is 18.1 Å². The van der Waals surface area contributed by atoms with Crippen LogP contribution in [-0.2, 0) is 4.79 Å². The number of carbonyl (C=O) groups excluding carboxylic acids is 1. The number of nitrogens with zero attached hydrogens (tertiary/aromatic N) is 1. The maximum atomic E-state index is 12.3. The van der Waals surface area contributed by atoms with Crippen LogP contribution in [0.5, 0.6) is 23.0 Å². The molecule has 2 aromatic carbocycles. The third-order valence-electron chi connectivity index (χ3n) is 3.62. The number of hydrogen-bond acceptors (Lipinski definition) is 5. The van der Waals surface area contributed by atoms with E-state index in [4.69, 9.17) is 4.74 Å². The molecule has 0 aromatic heterocycles. The number of aromatic hydroxyl groups is 2. The third kappa shape index (κ3) is 2.52. The molecular formula is C18H14N2O4. The quantitative estimate of drug-likeness (QED) is 0.497. The molecule has 0 unspecified atom stereocenters. The van der Waals surface area contributed by atoms with E-state index in [0.717, 1.165) is 0 Å². The molecule has 0 saturated heterocycles. The van der Waals surface area contributed by atoms with Crippen molar-refractivity contribution in [1.29, 1.82) is 5.26 Å². The predicted octanol–water partition coefficient (Wildman–Crippen LogP) is 2.67. The van der Waals surface area contributed by atoms with Crippen LogP contribution in [0.2, 0.25) is 0 Å². The highest BCUT2D eigenvalue weighted by Gasteiger charge is 2.28. The van der Waals surface area contributed by atoms with E-state index < -0.39 is 5.91 Å². The monoisotopic (exact) mass is 322 g/mol. The molecule has 0 spiro atoms. The van der Waals surface area contributed by atoms with Crippen LogP contribution >= 0.6 is 0 Å². The van der Waals surface area contributed by atoms with Crippen LogP contribution in [0.15, 0.2) is 42.0 Å². The van der Waals surface area contributed by atoms with Gasteiger partial charge in [-0.3, -0.25) is 4.79 Å². The Hall–Kier alpha value is -3.46. The molecule has 1 heterocycles. The van der Waals surface area contributed by atoms with Gasteiger partial charge in [0.25, 0.3) is 5.91 Å². The third-order valence-corrected chi connectivity index (χ3v) is 3.62. The van der Waals surface area contributed by atoms with E-state index in [9.17, 15) is 20.3 Å². The molecule has 0 fully saturated rings. The van der Waals surface area contributed by atoms with Crippen molar-refractivity contribution in [3.8, 4) is 29.1 Å².